The number of benzene rings is 1. The normalized spacial score (nSPS) is 17.2. The number of hydrogen-bond donors (Lipinski definition) is 1. The summed E-state index contributed by atoms with van der Waals surface area (Å²) in [6, 6.07) is 7.42. The molecule has 31 heavy (non-hydrogen) atoms. The van der Waals surface area contributed by atoms with Gasteiger partial charge in [0.15, 0.2) is 10.6 Å². The Labute approximate surface area is 186 Å². The first-order chi connectivity index (χ1) is 14.8. The molecule has 1 atom stereocenters. The molecule has 0 radical (unpaired) electrons. The number of nitrogens with zero attached hydrogens (tertiary/aromatic N) is 5. The number of hydrogen-bond acceptors (Lipinski definition) is 6. The molecule has 0 spiro atoms. The van der Waals surface area contributed by atoms with E-state index in [9.17, 15) is 4.79 Å². The molecule has 3 heterocycles. The fraction of sp³-hybridized carbons (Fsp3) is 0.500. The van der Waals surface area contributed by atoms with Crippen LogP contribution in [0.5, 0.6) is 0 Å². The lowest BCUT2D eigenvalue weighted by Gasteiger charge is -2.32. The molecule has 3 aromatic rings. The molecule has 1 fully saturated rings. The zero-order valence-electron chi connectivity index (χ0n) is 18.4. The lowest BCUT2D eigenvalue weighted by atomic mass is 9.95. The van der Waals surface area contributed by atoms with Crippen LogP contribution in [0.2, 0.25) is 0 Å². The Morgan fingerprint density at radius 3 is 2.81 bits per heavy atom. The molecule has 1 aromatic carbocycles. The molecular weight excluding hydrogens is 412 g/mol. The summed E-state index contributed by atoms with van der Waals surface area (Å²) >= 11 is 5.34. The van der Waals surface area contributed by atoms with Crippen LogP contribution in [0.1, 0.15) is 68.5 Å². The SMILES string of the molecule is CCn1c(C2CCCN(C(=O)c3ccccc3-c3nc(C(C)(C)C)no3)C2)n[nH]c1=S. The zero-order chi connectivity index (χ0) is 22.2. The number of rotatable bonds is 4. The van der Waals surface area contributed by atoms with E-state index in [1.165, 1.54) is 0 Å². The summed E-state index contributed by atoms with van der Waals surface area (Å²) in [5.41, 5.74) is 0.998. The van der Waals surface area contributed by atoms with Crippen molar-refractivity contribution < 1.29 is 9.32 Å². The van der Waals surface area contributed by atoms with Gasteiger partial charge in [-0.15, -0.1) is 0 Å². The highest BCUT2D eigenvalue weighted by atomic mass is 32.1. The van der Waals surface area contributed by atoms with E-state index in [4.69, 9.17) is 16.7 Å². The minimum atomic E-state index is -0.234. The molecule has 0 saturated carbocycles. The molecule has 1 unspecified atom stereocenters. The van der Waals surface area contributed by atoms with Crippen LogP contribution in [0.4, 0.5) is 0 Å². The quantitative estimate of drug-likeness (QED) is 0.607. The van der Waals surface area contributed by atoms with E-state index in [1.807, 2.05) is 61.4 Å². The number of carbonyl (C=O) groups is 1. The highest BCUT2D eigenvalue weighted by Gasteiger charge is 2.30. The lowest BCUT2D eigenvalue weighted by molar-refractivity contribution is 0.0703. The van der Waals surface area contributed by atoms with Crippen molar-refractivity contribution >= 4 is 18.1 Å². The third kappa shape index (κ3) is 4.19. The van der Waals surface area contributed by atoms with Crippen LogP contribution in [-0.2, 0) is 12.0 Å². The topological polar surface area (TPSA) is 92.8 Å². The summed E-state index contributed by atoms with van der Waals surface area (Å²) in [5.74, 6) is 2.02. The monoisotopic (exact) mass is 440 g/mol. The number of amides is 1. The third-order valence-corrected chi connectivity index (χ3v) is 5.97. The second-order valence-corrected chi connectivity index (χ2v) is 9.33. The maximum Gasteiger partial charge on any atom is 0.258 e. The molecule has 9 heteroatoms. The first kappa shape index (κ1) is 21.4. The summed E-state index contributed by atoms with van der Waals surface area (Å²) in [5, 5.41) is 11.4. The van der Waals surface area contributed by atoms with Crippen LogP contribution in [0.3, 0.4) is 0 Å². The fourth-order valence-corrected chi connectivity index (χ4v) is 4.25. The summed E-state index contributed by atoms with van der Waals surface area (Å²) in [4.78, 5) is 20.0. The van der Waals surface area contributed by atoms with Gasteiger partial charge in [-0.25, -0.2) is 0 Å². The summed E-state index contributed by atoms with van der Waals surface area (Å²) in [6.45, 7) is 10.2. The first-order valence-electron chi connectivity index (χ1n) is 10.7. The van der Waals surface area contributed by atoms with E-state index in [2.05, 4.69) is 20.3 Å². The second kappa shape index (κ2) is 8.37. The van der Waals surface area contributed by atoms with Crippen LogP contribution in [-0.4, -0.2) is 48.8 Å². The van der Waals surface area contributed by atoms with Crippen LogP contribution in [0, 0.1) is 4.77 Å². The highest BCUT2D eigenvalue weighted by molar-refractivity contribution is 7.71. The van der Waals surface area contributed by atoms with Gasteiger partial charge in [0.2, 0.25) is 0 Å². The standard InChI is InChI=1S/C22H28N6O2S/c1-5-28-17(24-25-21(28)31)14-9-8-12-27(13-14)19(29)16-11-7-6-10-15(16)18-23-20(26-30-18)22(2,3)4/h6-7,10-11,14H,5,8-9,12-13H2,1-4H3,(H,25,31). The Morgan fingerprint density at radius 2 is 2.10 bits per heavy atom. The average Bonchev–Trinajstić information content (AvgIpc) is 3.40. The van der Waals surface area contributed by atoms with Crippen LogP contribution < -0.4 is 0 Å². The van der Waals surface area contributed by atoms with Crippen LogP contribution >= 0.6 is 12.2 Å². The molecule has 1 amide bonds. The molecular formula is C22H28N6O2S. The Morgan fingerprint density at radius 1 is 1.32 bits per heavy atom. The van der Waals surface area contributed by atoms with E-state index >= 15 is 0 Å². The molecule has 1 N–H and O–H groups in total. The maximum atomic E-state index is 13.5. The number of aromatic nitrogens is 5. The summed E-state index contributed by atoms with van der Waals surface area (Å²) in [7, 11) is 0. The van der Waals surface area contributed by atoms with Crippen LogP contribution in [0.15, 0.2) is 28.8 Å². The predicted molar refractivity (Wildman–Crippen MR) is 119 cm³/mol. The molecule has 0 aliphatic carbocycles. The van der Waals surface area contributed by atoms with Gasteiger partial charge in [-0.05, 0) is 44.1 Å². The van der Waals surface area contributed by atoms with E-state index < -0.39 is 0 Å². The van der Waals surface area contributed by atoms with Gasteiger partial charge in [0.1, 0.15) is 5.82 Å². The smallest absolute Gasteiger partial charge is 0.258 e. The van der Waals surface area contributed by atoms with Gasteiger partial charge in [-0.2, -0.15) is 10.1 Å². The molecule has 1 aliphatic heterocycles. The number of carbonyl (C=O) groups excluding carboxylic acids is 1. The summed E-state index contributed by atoms with van der Waals surface area (Å²) in [6.07, 6.45) is 1.89. The molecule has 4 rings (SSSR count). The van der Waals surface area contributed by atoms with Crippen molar-refractivity contribution in [2.24, 2.45) is 0 Å². The fourth-order valence-electron chi connectivity index (χ4n) is 3.98. The second-order valence-electron chi connectivity index (χ2n) is 8.94. The number of H-pyrrole nitrogens is 1. The van der Waals surface area contributed by atoms with Crippen molar-refractivity contribution in [2.45, 2.75) is 58.4 Å². The van der Waals surface area contributed by atoms with Gasteiger partial charge in [-0.1, -0.05) is 38.1 Å². The minimum Gasteiger partial charge on any atom is -0.338 e. The van der Waals surface area contributed by atoms with Crippen molar-refractivity contribution in [3.05, 3.63) is 46.2 Å². The van der Waals surface area contributed by atoms with Gasteiger partial charge >= 0.3 is 0 Å². The van der Waals surface area contributed by atoms with E-state index in [0.29, 0.717) is 40.7 Å². The van der Waals surface area contributed by atoms with Gasteiger partial charge in [0, 0.05) is 31.0 Å². The number of aromatic amines is 1. The van der Waals surface area contributed by atoms with E-state index in [-0.39, 0.29) is 17.2 Å². The van der Waals surface area contributed by atoms with E-state index in [0.717, 1.165) is 25.2 Å². The Balaban J connectivity index is 1.61. The third-order valence-electron chi connectivity index (χ3n) is 5.66. The molecule has 2 aromatic heterocycles. The number of piperidine rings is 1. The maximum absolute atomic E-state index is 13.5. The first-order valence-corrected chi connectivity index (χ1v) is 11.1. The van der Waals surface area contributed by atoms with Crippen molar-refractivity contribution in [3.63, 3.8) is 0 Å². The number of nitrogens with one attached hydrogen (secondary N) is 1. The lowest BCUT2D eigenvalue weighted by Crippen LogP contribution is -2.40. The molecule has 0 bridgehead atoms. The minimum absolute atomic E-state index is 0.0343. The van der Waals surface area contributed by atoms with Gasteiger partial charge in [-0.3, -0.25) is 9.89 Å². The van der Waals surface area contributed by atoms with Crippen molar-refractivity contribution in [1.29, 1.82) is 0 Å². The van der Waals surface area contributed by atoms with E-state index in [1.54, 1.807) is 0 Å². The molecule has 1 saturated heterocycles. The van der Waals surface area contributed by atoms with Gasteiger partial charge in [0.25, 0.3) is 11.8 Å². The van der Waals surface area contributed by atoms with Crippen molar-refractivity contribution in [2.75, 3.05) is 13.1 Å². The van der Waals surface area contributed by atoms with Crippen molar-refractivity contribution in [3.8, 4) is 11.5 Å². The number of likely N-dealkylation sites (tertiary alicyclic amines) is 1. The molecule has 8 nitrogen and oxygen atoms in total. The predicted octanol–water partition coefficient (Wildman–Crippen LogP) is 4.33. The van der Waals surface area contributed by atoms with Crippen LogP contribution in [0.25, 0.3) is 11.5 Å². The van der Waals surface area contributed by atoms with Gasteiger partial charge in [0.05, 0.1) is 11.1 Å². The highest BCUT2D eigenvalue weighted by Crippen LogP contribution is 2.30. The Bertz CT molecular complexity index is 1140. The Kier molecular flexibility index (Phi) is 5.79. The van der Waals surface area contributed by atoms with Gasteiger partial charge < -0.3 is 14.0 Å². The molecule has 1 aliphatic rings. The molecule has 164 valence electrons. The average molecular weight is 441 g/mol. The van der Waals surface area contributed by atoms with Crippen molar-refractivity contribution in [1.82, 2.24) is 29.8 Å². The largest absolute Gasteiger partial charge is 0.338 e. The summed E-state index contributed by atoms with van der Waals surface area (Å²) < 4.78 is 8.15. The Hall–Kier alpha value is -2.81. The zero-order valence-corrected chi connectivity index (χ0v) is 19.2.